The molecule has 1 aromatic carbocycles. The number of aromatic nitrogens is 2. The van der Waals surface area contributed by atoms with E-state index in [4.69, 9.17) is 11.6 Å². The number of aromatic amines is 1. The monoisotopic (exact) mass is 303 g/mol. The fourth-order valence-electron chi connectivity index (χ4n) is 2.04. The highest BCUT2D eigenvalue weighted by molar-refractivity contribution is 7.16. The van der Waals surface area contributed by atoms with E-state index in [1.54, 1.807) is 17.5 Å². The number of benzene rings is 1. The van der Waals surface area contributed by atoms with Gasteiger partial charge in [0.15, 0.2) is 0 Å². The normalized spacial score (nSPS) is 12.3. The molecule has 5 heteroatoms. The second-order valence-corrected chi connectivity index (χ2v) is 6.30. The maximum absolute atomic E-state index is 5.97. The van der Waals surface area contributed by atoms with Crippen molar-refractivity contribution in [1.29, 1.82) is 0 Å². The standard InChI is InChI=1S/C15H14ClN3S/c1-10(14-6-7-15(16)20-14)18-12-4-2-11(3-5-12)13-8-9-17-19-13/h2-10,18H,1H3,(H,17,19). The summed E-state index contributed by atoms with van der Waals surface area (Å²) in [6, 6.07) is 14.5. The lowest BCUT2D eigenvalue weighted by Gasteiger charge is -2.13. The van der Waals surface area contributed by atoms with Crippen LogP contribution >= 0.6 is 22.9 Å². The van der Waals surface area contributed by atoms with Crippen molar-refractivity contribution in [3.05, 3.63) is 57.9 Å². The van der Waals surface area contributed by atoms with Crippen LogP contribution in [0.4, 0.5) is 5.69 Å². The highest BCUT2D eigenvalue weighted by atomic mass is 35.5. The molecule has 0 aliphatic carbocycles. The molecule has 0 aliphatic heterocycles. The van der Waals surface area contributed by atoms with Gasteiger partial charge in [-0.15, -0.1) is 11.3 Å². The van der Waals surface area contributed by atoms with E-state index < -0.39 is 0 Å². The third-order valence-corrected chi connectivity index (χ3v) is 4.51. The third kappa shape index (κ3) is 2.86. The first-order chi connectivity index (χ1) is 9.72. The molecule has 1 atom stereocenters. The van der Waals surface area contributed by atoms with Gasteiger partial charge in [0, 0.05) is 16.8 Å². The minimum Gasteiger partial charge on any atom is -0.378 e. The Bertz CT molecular complexity index is 673. The minimum atomic E-state index is 0.241. The van der Waals surface area contributed by atoms with Crippen molar-refractivity contribution in [3.63, 3.8) is 0 Å². The summed E-state index contributed by atoms with van der Waals surface area (Å²) in [5, 5.41) is 10.4. The number of nitrogens with one attached hydrogen (secondary N) is 2. The van der Waals surface area contributed by atoms with Crippen LogP contribution < -0.4 is 5.32 Å². The van der Waals surface area contributed by atoms with Crippen LogP contribution in [0.2, 0.25) is 4.34 Å². The predicted octanol–water partition coefficient (Wildman–Crippen LogP) is 4.96. The van der Waals surface area contributed by atoms with Crippen LogP contribution in [-0.2, 0) is 0 Å². The first-order valence-electron chi connectivity index (χ1n) is 6.34. The zero-order valence-electron chi connectivity index (χ0n) is 10.9. The highest BCUT2D eigenvalue weighted by Gasteiger charge is 2.08. The minimum absolute atomic E-state index is 0.241. The Morgan fingerprint density at radius 3 is 2.55 bits per heavy atom. The molecule has 0 aliphatic rings. The maximum atomic E-state index is 5.97. The molecule has 2 aromatic heterocycles. The molecule has 2 N–H and O–H groups in total. The number of nitrogens with zero attached hydrogens (tertiary/aromatic N) is 1. The fraction of sp³-hybridized carbons (Fsp3) is 0.133. The summed E-state index contributed by atoms with van der Waals surface area (Å²) < 4.78 is 0.822. The molecule has 3 rings (SSSR count). The van der Waals surface area contributed by atoms with E-state index in [-0.39, 0.29) is 6.04 Å². The number of thiophene rings is 1. The molecule has 1 unspecified atom stereocenters. The Labute approximate surface area is 126 Å². The predicted molar refractivity (Wildman–Crippen MR) is 85.4 cm³/mol. The molecule has 2 heterocycles. The first-order valence-corrected chi connectivity index (χ1v) is 7.53. The van der Waals surface area contributed by atoms with Gasteiger partial charge < -0.3 is 5.32 Å². The molecule has 3 aromatic rings. The molecule has 0 radical (unpaired) electrons. The van der Waals surface area contributed by atoms with E-state index in [1.165, 1.54) is 4.88 Å². The van der Waals surface area contributed by atoms with Gasteiger partial charge >= 0.3 is 0 Å². The molecule has 0 saturated heterocycles. The molecule has 3 nitrogen and oxygen atoms in total. The number of hydrogen-bond donors (Lipinski definition) is 2. The Morgan fingerprint density at radius 1 is 1.15 bits per heavy atom. The van der Waals surface area contributed by atoms with Gasteiger partial charge in [0.25, 0.3) is 0 Å². The molecular formula is C15H14ClN3S. The average Bonchev–Trinajstić information content (AvgIpc) is 3.10. The molecular weight excluding hydrogens is 290 g/mol. The SMILES string of the molecule is CC(Nc1ccc(-c2ccn[nH]2)cc1)c1ccc(Cl)s1. The van der Waals surface area contributed by atoms with Crippen LogP contribution in [0.3, 0.4) is 0 Å². The van der Waals surface area contributed by atoms with Crippen LogP contribution in [0, 0.1) is 0 Å². The van der Waals surface area contributed by atoms with E-state index >= 15 is 0 Å². The van der Waals surface area contributed by atoms with Gasteiger partial charge in [0.2, 0.25) is 0 Å². The van der Waals surface area contributed by atoms with Gasteiger partial charge in [0.1, 0.15) is 0 Å². The molecule has 102 valence electrons. The van der Waals surface area contributed by atoms with Crippen LogP contribution in [-0.4, -0.2) is 10.2 Å². The number of rotatable bonds is 4. The van der Waals surface area contributed by atoms with Gasteiger partial charge in [-0.1, -0.05) is 23.7 Å². The van der Waals surface area contributed by atoms with Crippen LogP contribution in [0.15, 0.2) is 48.7 Å². The van der Waals surface area contributed by atoms with Crippen molar-refractivity contribution in [3.8, 4) is 11.3 Å². The lowest BCUT2D eigenvalue weighted by atomic mass is 10.1. The summed E-state index contributed by atoms with van der Waals surface area (Å²) in [6.45, 7) is 2.13. The van der Waals surface area contributed by atoms with Crippen LogP contribution in [0.25, 0.3) is 11.3 Å². The van der Waals surface area contributed by atoms with E-state index in [0.717, 1.165) is 21.3 Å². The van der Waals surface area contributed by atoms with Crippen LogP contribution in [0.1, 0.15) is 17.8 Å². The van der Waals surface area contributed by atoms with Crippen molar-refractivity contribution in [2.45, 2.75) is 13.0 Å². The summed E-state index contributed by atoms with van der Waals surface area (Å²) in [5.74, 6) is 0. The number of halogens is 1. The lowest BCUT2D eigenvalue weighted by molar-refractivity contribution is 0.908. The lowest BCUT2D eigenvalue weighted by Crippen LogP contribution is -2.04. The molecule has 0 fully saturated rings. The Morgan fingerprint density at radius 2 is 1.95 bits per heavy atom. The molecule has 0 spiro atoms. The quantitative estimate of drug-likeness (QED) is 0.715. The molecule has 0 amide bonds. The second-order valence-electron chi connectivity index (χ2n) is 4.56. The van der Waals surface area contributed by atoms with Crippen molar-refractivity contribution in [2.75, 3.05) is 5.32 Å². The van der Waals surface area contributed by atoms with Crippen molar-refractivity contribution >= 4 is 28.6 Å². The third-order valence-electron chi connectivity index (χ3n) is 3.10. The topological polar surface area (TPSA) is 40.7 Å². The summed E-state index contributed by atoms with van der Waals surface area (Å²) in [7, 11) is 0. The summed E-state index contributed by atoms with van der Waals surface area (Å²) in [4.78, 5) is 1.23. The number of hydrogen-bond acceptors (Lipinski definition) is 3. The second kappa shape index (κ2) is 5.69. The maximum Gasteiger partial charge on any atom is 0.0932 e. The van der Waals surface area contributed by atoms with Crippen molar-refractivity contribution in [1.82, 2.24) is 10.2 Å². The van der Waals surface area contributed by atoms with Crippen LogP contribution in [0.5, 0.6) is 0 Å². The zero-order chi connectivity index (χ0) is 13.9. The van der Waals surface area contributed by atoms with E-state index in [2.05, 4.69) is 52.8 Å². The molecule has 0 saturated carbocycles. The molecule has 0 bridgehead atoms. The Kier molecular flexibility index (Phi) is 3.76. The number of anilines is 1. The van der Waals surface area contributed by atoms with E-state index in [9.17, 15) is 0 Å². The summed E-state index contributed by atoms with van der Waals surface area (Å²) >= 11 is 7.57. The van der Waals surface area contributed by atoms with Gasteiger partial charge in [-0.05, 0) is 42.8 Å². The molecule has 20 heavy (non-hydrogen) atoms. The summed E-state index contributed by atoms with van der Waals surface area (Å²) in [6.07, 6.45) is 1.75. The average molecular weight is 304 g/mol. The van der Waals surface area contributed by atoms with Crippen molar-refractivity contribution < 1.29 is 0 Å². The van der Waals surface area contributed by atoms with Crippen molar-refractivity contribution in [2.24, 2.45) is 0 Å². The fourth-order valence-corrected chi connectivity index (χ4v) is 3.11. The number of H-pyrrole nitrogens is 1. The smallest absolute Gasteiger partial charge is 0.0932 e. The largest absolute Gasteiger partial charge is 0.378 e. The van der Waals surface area contributed by atoms with Gasteiger partial charge in [-0.25, -0.2) is 0 Å². The van der Waals surface area contributed by atoms with Gasteiger partial charge in [-0.2, -0.15) is 5.10 Å². The Hall–Kier alpha value is -1.78. The van der Waals surface area contributed by atoms with E-state index in [0.29, 0.717) is 0 Å². The zero-order valence-corrected chi connectivity index (χ0v) is 12.5. The Balaban J connectivity index is 1.72. The highest BCUT2D eigenvalue weighted by Crippen LogP contribution is 2.29. The first kappa shape index (κ1) is 13.2. The van der Waals surface area contributed by atoms with Gasteiger partial charge in [-0.3, -0.25) is 5.10 Å². The summed E-state index contributed by atoms with van der Waals surface area (Å²) in [5.41, 5.74) is 3.24. The van der Waals surface area contributed by atoms with Gasteiger partial charge in [0.05, 0.1) is 16.1 Å². The van der Waals surface area contributed by atoms with E-state index in [1.807, 2.05) is 12.1 Å².